The molecule has 36 heavy (non-hydrogen) atoms. The van der Waals surface area contributed by atoms with Gasteiger partial charge in [-0.1, -0.05) is 42.5 Å². The van der Waals surface area contributed by atoms with Gasteiger partial charge in [0.2, 0.25) is 0 Å². The molecule has 1 aliphatic rings. The van der Waals surface area contributed by atoms with Crippen LogP contribution in [0.3, 0.4) is 0 Å². The van der Waals surface area contributed by atoms with Gasteiger partial charge >= 0.3 is 6.03 Å². The van der Waals surface area contributed by atoms with Gasteiger partial charge in [-0.25, -0.2) is 4.79 Å². The topological polar surface area (TPSA) is 70.0 Å². The number of hydrogen-bond donors (Lipinski definition) is 2. The maximum absolute atomic E-state index is 12.7. The second-order valence-electron chi connectivity index (χ2n) is 8.95. The van der Waals surface area contributed by atoms with Crippen LogP contribution < -0.4 is 20.3 Å². The molecule has 1 aromatic heterocycles. The molecule has 186 valence electrons. The number of benzene rings is 3. The second kappa shape index (κ2) is 11.2. The van der Waals surface area contributed by atoms with E-state index in [1.807, 2.05) is 42.5 Å². The number of rotatable bonds is 8. The Morgan fingerprint density at radius 1 is 0.917 bits per heavy atom. The molecule has 0 radical (unpaired) electrons. The van der Waals surface area contributed by atoms with Crippen LogP contribution in [-0.4, -0.2) is 50.8 Å². The summed E-state index contributed by atoms with van der Waals surface area (Å²) < 4.78 is 11.0. The van der Waals surface area contributed by atoms with Crippen molar-refractivity contribution in [1.82, 2.24) is 15.5 Å². The summed E-state index contributed by atoms with van der Waals surface area (Å²) in [6, 6.07) is 26.2. The zero-order valence-electron chi connectivity index (χ0n) is 20.5. The first-order chi connectivity index (χ1) is 17.7. The highest BCUT2D eigenvalue weighted by atomic mass is 16.5. The summed E-state index contributed by atoms with van der Waals surface area (Å²) in [5, 5.41) is 8.40. The molecule has 0 saturated carbocycles. The third-order valence-electron chi connectivity index (χ3n) is 6.84. The molecule has 7 nitrogen and oxygen atoms in total. The number of urea groups is 1. The van der Waals surface area contributed by atoms with Crippen LogP contribution in [0, 0.1) is 0 Å². The fraction of sp³-hybridized carbons (Fsp3) is 0.276. The summed E-state index contributed by atoms with van der Waals surface area (Å²) in [6.45, 7) is 4.48. The van der Waals surface area contributed by atoms with Crippen molar-refractivity contribution in [3.05, 3.63) is 96.4 Å². The van der Waals surface area contributed by atoms with Crippen molar-refractivity contribution in [3.8, 4) is 5.75 Å². The predicted octanol–water partition coefficient (Wildman–Crippen LogP) is 4.80. The Bertz CT molecular complexity index is 1260. The highest BCUT2D eigenvalue weighted by molar-refractivity contribution is 5.86. The third kappa shape index (κ3) is 5.47. The molecule has 0 spiro atoms. The molecule has 2 N–H and O–H groups in total. The van der Waals surface area contributed by atoms with Crippen LogP contribution in [0.25, 0.3) is 10.8 Å². The number of hydrogen-bond acceptors (Lipinski definition) is 5. The highest BCUT2D eigenvalue weighted by Gasteiger charge is 2.27. The number of amides is 2. The Labute approximate surface area is 211 Å². The summed E-state index contributed by atoms with van der Waals surface area (Å²) in [5.74, 6) is 1.72. The van der Waals surface area contributed by atoms with Gasteiger partial charge in [-0.3, -0.25) is 4.90 Å². The molecule has 0 bridgehead atoms. The zero-order chi connectivity index (χ0) is 24.7. The molecule has 1 fully saturated rings. The average molecular weight is 485 g/mol. The summed E-state index contributed by atoms with van der Waals surface area (Å²) in [4.78, 5) is 17.5. The number of piperazine rings is 1. The van der Waals surface area contributed by atoms with Gasteiger partial charge in [0.1, 0.15) is 11.5 Å². The Morgan fingerprint density at radius 3 is 2.44 bits per heavy atom. The minimum absolute atomic E-state index is 0.0266. The quantitative estimate of drug-likeness (QED) is 0.376. The molecule has 1 saturated heterocycles. The van der Waals surface area contributed by atoms with Crippen molar-refractivity contribution in [2.45, 2.75) is 12.6 Å². The smallest absolute Gasteiger partial charge is 0.315 e. The van der Waals surface area contributed by atoms with Gasteiger partial charge in [0.15, 0.2) is 0 Å². The number of ether oxygens (including phenoxy) is 1. The number of carbonyl (C=O) groups excluding carboxylic acids is 1. The van der Waals surface area contributed by atoms with E-state index in [9.17, 15) is 4.79 Å². The van der Waals surface area contributed by atoms with Crippen LogP contribution in [-0.2, 0) is 6.54 Å². The summed E-state index contributed by atoms with van der Waals surface area (Å²) in [7, 11) is 1.68. The number of nitrogens with zero attached hydrogens (tertiary/aromatic N) is 2. The molecule has 3 aromatic carbocycles. The Morgan fingerprint density at radius 2 is 1.69 bits per heavy atom. The van der Waals surface area contributed by atoms with Gasteiger partial charge < -0.3 is 24.7 Å². The van der Waals surface area contributed by atoms with Crippen LogP contribution in [0.2, 0.25) is 0 Å². The van der Waals surface area contributed by atoms with Crippen molar-refractivity contribution in [1.29, 1.82) is 0 Å². The molecule has 5 rings (SSSR count). The molecule has 2 heterocycles. The number of carbonyl (C=O) groups is 1. The summed E-state index contributed by atoms with van der Waals surface area (Å²) in [6.07, 6.45) is 1.69. The molecule has 1 aliphatic heterocycles. The third-order valence-corrected chi connectivity index (χ3v) is 6.84. The lowest BCUT2D eigenvalue weighted by molar-refractivity contribution is 0.161. The van der Waals surface area contributed by atoms with Gasteiger partial charge in [-0.05, 0) is 52.7 Å². The molecule has 2 amide bonds. The largest absolute Gasteiger partial charge is 0.497 e. The van der Waals surface area contributed by atoms with Gasteiger partial charge in [0, 0.05) is 45.0 Å². The molecule has 7 heteroatoms. The fourth-order valence-electron chi connectivity index (χ4n) is 4.85. The van der Waals surface area contributed by atoms with Crippen LogP contribution >= 0.6 is 0 Å². The van der Waals surface area contributed by atoms with E-state index in [4.69, 9.17) is 9.15 Å². The van der Waals surface area contributed by atoms with E-state index in [1.54, 1.807) is 13.4 Å². The number of furan rings is 1. The van der Waals surface area contributed by atoms with E-state index < -0.39 is 0 Å². The lowest BCUT2D eigenvalue weighted by Crippen LogP contribution is -2.50. The van der Waals surface area contributed by atoms with Crippen molar-refractivity contribution in [3.63, 3.8) is 0 Å². The molecule has 0 aliphatic carbocycles. The molecular formula is C29H32N4O3. The van der Waals surface area contributed by atoms with Gasteiger partial charge in [-0.15, -0.1) is 0 Å². The molecule has 4 aromatic rings. The number of fused-ring (bicyclic) bond motifs is 1. The van der Waals surface area contributed by atoms with E-state index in [2.05, 4.69) is 56.8 Å². The van der Waals surface area contributed by atoms with E-state index >= 15 is 0 Å². The second-order valence-corrected chi connectivity index (χ2v) is 8.95. The monoisotopic (exact) mass is 484 g/mol. The van der Waals surface area contributed by atoms with E-state index in [1.165, 1.54) is 11.1 Å². The molecular weight excluding hydrogens is 452 g/mol. The maximum atomic E-state index is 12.7. The maximum Gasteiger partial charge on any atom is 0.315 e. The predicted molar refractivity (Wildman–Crippen MR) is 142 cm³/mol. The number of anilines is 1. The standard InChI is InChI=1S/C29H32N4O3/c1-35-25-13-11-24(12-14-25)32-15-17-33(18-16-32)27(28-10-5-19-36-28)21-31-29(34)30-20-23-8-4-7-22-6-2-3-9-26(22)23/h2-14,19,27H,15-18,20-21H2,1H3,(H2,30,31,34). The number of nitrogens with one attached hydrogen (secondary N) is 2. The Kier molecular flexibility index (Phi) is 7.38. The van der Waals surface area contributed by atoms with Crippen LogP contribution in [0.1, 0.15) is 17.4 Å². The first-order valence-electron chi connectivity index (χ1n) is 12.4. The van der Waals surface area contributed by atoms with Crippen LogP contribution in [0.5, 0.6) is 5.75 Å². The van der Waals surface area contributed by atoms with Crippen molar-refractivity contribution in [2.75, 3.05) is 44.7 Å². The van der Waals surface area contributed by atoms with E-state index in [0.717, 1.165) is 48.6 Å². The van der Waals surface area contributed by atoms with Gasteiger partial charge in [0.05, 0.1) is 19.4 Å². The van der Waals surface area contributed by atoms with E-state index in [0.29, 0.717) is 13.1 Å². The lowest BCUT2D eigenvalue weighted by atomic mass is 10.0. The highest BCUT2D eigenvalue weighted by Crippen LogP contribution is 2.25. The summed E-state index contributed by atoms with van der Waals surface area (Å²) in [5.41, 5.74) is 2.29. The minimum Gasteiger partial charge on any atom is -0.497 e. The lowest BCUT2D eigenvalue weighted by Gasteiger charge is -2.39. The summed E-state index contributed by atoms with van der Waals surface area (Å²) >= 11 is 0. The normalized spacial score (nSPS) is 15.0. The van der Waals surface area contributed by atoms with Gasteiger partial charge in [-0.2, -0.15) is 0 Å². The average Bonchev–Trinajstić information content (AvgIpc) is 3.47. The van der Waals surface area contributed by atoms with Gasteiger partial charge in [0.25, 0.3) is 0 Å². The van der Waals surface area contributed by atoms with Crippen LogP contribution in [0.15, 0.2) is 89.5 Å². The van der Waals surface area contributed by atoms with Crippen molar-refractivity contribution >= 4 is 22.5 Å². The van der Waals surface area contributed by atoms with Crippen molar-refractivity contribution in [2.24, 2.45) is 0 Å². The number of methoxy groups -OCH3 is 1. The SMILES string of the molecule is COc1ccc(N2CCN(C(CNC(=O)NCc3cccc4ccccc34)c3ccco3)CC2)cc1. The van der Waals surface area contributed by atoms with Crippen LogP contribution in [0.4, 0.5) is 10.5 Å². The molecule has 1 atom stereocenters. The Balaban J connectivity index is 1.17. The van der Waals surface area contributed by atoms with E-state index in [-0.39, 0.29) is 12.1 Å². The van der Waals surface area contributed by atoms with Crippen molar-refractivity contribution < 1.29 is 13.9 Å². The Hall–Kier alpha value is -3.97. The first kappa shape index (κ1) is 23.8. The fourth-order valence-corrected chi connectivity index (χ4v) is 4.85. The molecule has 1 unspecified atom stereocenters. The minimum atomic E-state index is -0.184. The zero-order valence-corrected chi connectivity index (χ0v) is 20.5. The first-order valence-corrected chi connectivity index (χ1v) is 12.4.